The Bertz CT molecular complexity index is 233. The summed E-state index contributed by atoms with van der Waals surface area (Å²) in [6, 6.07) is 0. The van der Waals surface area contributed by atoms with E-state index < -0.39 is 0 Å². The fourth-order valence-corrected chi connectivity index (χ4v) is 2.02. The van der Waals surface area contributed by atoms with Crippen molar-refractivity contribution < 1.29 is 19.1 Å². The van der Waals surface area contributed by atoms with Gasteiger partial charge in [0.2, 0.25) is 0 Å². The van der Waals surface area contributed by atoms with Crippen LogP contribution in [0.25, 0.3) is 0 Å². The molecule has 0 heterocycles. The van der Waals surface area contributed by atoms with Gasteiger partial charge in [0, 0.05) is 6.42 Å². The highest BCUT2D eigenvalue weighted by Gasteiger charge is 2.26. The second kappa shape index (κ2) is 7.27. The topological polar surface area (TPSA) is 52.6 Å². The average Bonchev–Trinajstić information content (AvgIpc) is 2.29. The molecule has 6 heteroatoms. The predicted octanol–water partition coefficient (Wildman–Crippen LogP) is 2.17. The fourth-order valence-electron chi connectivity index (χ4n) is 1.75. The number of carbonyl (C=O) groups is 2. The molecule has 2 atom stereocenters. The zero-order valence-electron chi connectivity index (χ0n) is 8.79. The number of halogens is 2. The number of esters is 2. The van der Waals surface area contributed by atoms with Gasteiger partial charge < -0.3 is 9.47 Å². The van der Waals surface area contributed by atoms with Crippen molar-refractivity contribution in [1.82, 2.24) is 0 Å². The van der Waals surface area contributed by atoms with Crippen LogP contribution in [0.3, 0.4) is 0 Å². The molecular weight excluding hydrogens is 344 g/mol. The van der Waals surface area contributed by atoms with Crippen molar-refractivity contribution in [3.8, 4) is 0 Å². The first-order valence-electron chi connectivity index (χ1n) is 5.16. The predicted molar refractivity (Wildman–Crippen MR) is 65.8 cm³/mol. The van der Waals surface area contributed by atoms with Crippen molar-refractivity contribution in [3.05, 3.63) is 0 Å². The lowest BCUT2D eigenvalue weighted by Gasteiger charge is -2.28. The van der Waals surface area contributed by atoms with Crippen molar-refractivity contribution in [1.29, 1.82) is 0 Å². The molecule has 1 aliphatic rings. The minimum absolute atomic E-state index is 0.119. The molecule has 16 heavy (non-hydrogen) atoms. The standard InChI is InChI=1S/C10H14Br2O4/c11-5-9(13)15-7-2-1-3-8(4-7)16-10(14)6-12/h7-8H,1-6H2/t7-,8+. The van der Waals surface area contributed by atoms with Gasteiger partial charge in [0.15, 0.2) is 0 Å². The summed E-state index contributed by atoms with van der Waals surface area (Å²) in [7, 11) is 0. The zero-order valence-corrected chi connectivity index (χ0v) is 12.0. The van der Waals surface area contributed by atoms with Crippen LogP contribution in [0, 0.1) is 0 Å². The lowest BCUT2D eigenvalue weighted by Crippen LogP contribution is -2.31. The van der Waals surface area contributed by atoms with E-state index >= 15 is 0 Å². The van der Waals surface area contributed by atoms with E-state index in [2.05, 4.69) is 31.9 Å². The van der Waals surface area contributed by atoms with E-state index in [0.29, 0.717) is 6.42 Å². The van der Waals surface area contributed by atoms with Crippen LogP contribution in [0.15, 0.2) is 0 Å². The Morgan fingerprint density at radius 1 is 1.00 bits per heavy atom. The van der Waals surface area contributed by atoms with E-state index in [1.165, 1.54) is 0 Å². The number of rotatable bonds is 4. The lowest BCUT2D eigenvalue weighted by atomic mass is 9.95. The van der Waals surface area contributed by atoms with Crippen molar-refractivity contribution in [3.63, 3.8) is 0 Å². The van der Waals surface area contributed by atoms with E-state index in [1.54, 1.807) is 0 Å². The highest BCUT2D eigenvalue weighted by molar-refractivity contribution is 9.09. The van der Waals surface area contributed by atoms with E-state index in [0.717, 1.165) is 19.3 Å². The van der Waals surface area contributed by atoms with Gasteiger partial charge in [0.05, 0.1) is 0 Å². The molecule has 0 aromatic carbocycles. The van der Waals surface area contributed by atoms with Crippen LogP contribution in [0.5, 0.6) is 0 Å². The molecule has 0 unspecified atom stereocenters. The molecule has 0 aliphatic heterocycles. The molecule has 0 amide bonds. The molecule has 4 nitrogen and oxygen atoms in total. The highest BCUT2D eigenvalue weighted by atomic mass is 79.9. The minimum atomic E-state index is -0.266. The van der Waals surface area contributed by atoms with Crippen molar-refractivity contribution in [2.75, 3.05) is 10.7 Å². The highest BCUT2D eigenvalue weighted by Crippen LogP contribution is 2.24. The van der Waals surface area contributed by atoms with Crippen LogP contribution in [-0.2, 0) is 19.1 Å². The van der Waals surface area contributed by atoms with Crippen LogP contribution < -0.4 is 0 Å². The van der Waals surface area contributed by atoms with Crippen LogP contribution in [0.4, 0.5) is 0 Å². The average molecular weight is 358 g/mol. The fraction of sp³-hybridized carbons (Fsp3) is 0.800. The van der Waals surface area contributed by atoms with Crippen molar-refractivity contribution >= 4 is 43.8 Å². The van der Waals surface area contributed by atoms with Crippen LogP contribution >= 0.6 is 31.9 Å². The van der Waals surface area contributed by atoms with E-state index in [4.69, 9.17) is 9.47 Å². The molecule has 0 saturated heterocycles. The van der Waals surface area contributed by atoms with Crippen molar-refractivity contribution in [2.45, 2.75) is 37.9 Å². The third-order valence-corrected chi connectivity index (χ3v) is 3.31. The third-order valence-electron chi connectivity index (χ3n) is 2.39. The monoisotopic (exact) mass is 356 g/mol. The first-order chi connectivity index (χ1) is 7.65. The number of carbonyl (C=O) groups excluding carboxylic acids is 2. The Morgan fingerprint density at radius 2 is 1.44 bits per heavy atom. The molecular formula is C10H14Br2O4. The molecule has 0 aromatic heterocycles. The van der Waals surface area contributed by atoms with E-state index in [1.807, 2.05) is 0 Å². The van der Waals surface area contributed by atoms with Gasteiger partial charge in [0.1, 0.15) is 22.9 Å². The first-order valence-corrected chi connectivity index (χ1v) is 7.41. The molecule has 1 fully saturated rings. The molecule has 1 aliphatic carbocycles. The minimum Gasteiger partial charge on any atom is -0.462 e. The smallest absolute Gasteiger partial charge is 0.316 e. The molecule has 1 saturated carbocycles. The summed E-state index contributed by atoms with van der Waals surface area (Å²) in [6.45, 7) is 0. The normalized spacial score (nSPS) is 24.9. The van der Waals surface area contributed by atoms with Crippen LogP contribution in [0.2, 0.25) is 0 Å². The summed E-state index contributed by atoms with van der Waals surface area (Å²) in [5.74, 6) is -0.532. The Hall–Kier alpha value is -0.100. The molecule has 0 radical (unpaired) electrons. The van der Waals surface area contributed by atoms with Gasteiger partial charge in [-0.2, -0.15) is 0 Å². The van der Waals surface area contributed by atoms with Gasteiger partial charge in [-0.3, -0.25) is 9.59 Å². The Balaban J connectivity index is 2.35. The SMILES string of the molecule is O=C(CBr)O[C@@H]1CCC[C@H](OC(=O)CBr)C1. The van der Waals surface area contributed by atoms with E-state index in [9.17, 15) is 9.59 Å². The van der Waals surface area contributed by atoms with Crippen molar-refractivity contribution in [2.24, 2.45) is 0 Å². The zero-order chi connectivity index (χ0) is 12.0. The second-order valence-corrected chi connectivity index (χ2v) is 4.78. The quantitative estimate of drug-likeness (QED) is 0.571. The largest absolute Gasteiger partial charge is 0.462 e. The summed E-state index contributed by atoms with van der Waals surface area (Å²) in [5.41, 5.74) is 0. The molecule has 92 valence electrons. The number of alkyl halides is 2. The summed E-state index contributed by atoms with van der Waals surface area (Å²) in [5, 5.41) is 0.407. The first kappa shape index (κ1) is 14.0. The summed E-state index contributed by atoms with van der Waals surface area (Å²) in [4.78, 5) is 22.2. The van der Waals surface area contributed by atoms with Gasteiger partial charge in [0.25, 0.3) is 0 Å². The van der Waals surface area contributed by atoms with E-state index in [-0.39, 0.29) is 34.8 Å². The van der Waals surface area contributed by atoms with Gasteiger partial charge in [-0.1, -0.05) is 31.9 Å². The third kappa shape index (κ3) is 4.82. The summed E-state index contributed by atoms with van der Waals surface area (Å²) >= 11 is 6.08. The van der Waals surface area contributed by atoms with Gasteiger partial charge >= 0.3 is 11.9 Å². The van der Waals surface area contributed by atoms with Crippen LogP contribution in [0.1, 0.15) is 25.7 Å². The maximum atomic E-state index is 11.1. The molecule has 1 rings (SSSR count). The summed E-state index contributed by atoms with van der Waals surface area (Å²) in [6.07, 6.45) is 2.99. The van der Waals surface area contributed by atoms with Gasteiger partial charge in [-0.15, -0.1) is 0 Å². The maximum Gasteiger partial charge on any atom is 0.316 e. The van der Waals surface area contributed by atoms with Crippen LogP contribution in [-0.4, -0.2) is 34.8 Å². The number of hydrogen-bond acceptors (Lipinski definition) is 4. The molecule has 0 spiro atoms. The number of hydrogen-bond donors (Lipinski definition) is 0. The summed E-state index contributed by atoms with van der Waals surface area (Å²) < 4.78 is 10.4. The second-order valence-electron chi connectivity index (χ2n) is 3.66. The van der Waals surface area contributed by atoms with Gasteiger partial charge in [-0.25, -0.2) is 0 Å². The Morgan fingerprint density at radius 3 is 1.81 bits per heavy atom. The lowest BCUT2D eigenvalue weighted by molar-refractivity contribution is -0.155. The number of ether oxygens (including phenoxy) is 2. The Labute approximate surface area is 111 Å². The molecule has 0 aromatic rings. The van der Waals surface area contributed by atoms with Gasteiger partial charge in [-0.05, 0) is 19.3 Å². The maximum absolute atomic E-state index is 11.1. The Kier molecular flexibility index (Phi) is 6.34. The molecule has 0 N–H and O–H groups in total. The molecule has 0 bridgehead atoms.